The molecule has 0 saturated heterocycles. The van der Waals surface area contributed by atoms with E-state index in [0.717, 1.165) is 11.1 Å². The van der Waals surface area contributed by atoms with Gasteiger partial charge in [-0.2, -0.15) is 0 Å². The molecule has 0 aromatic carbocycles. The number of urea groups is 1. The predicted molar refractivity (Wildman–Crippen MR) is 51.1 cm³/mol. The highest BCUT2D eigenvalue weighted by Crippen LogP contribution is 1.80. The van der Waals surface area contributed by atoms with Crippen molar-refractivity contribution in [1.29, 1.82) is 0 Å². The summed E-state index contributed by atoms with van der Waals surface area (Å²) in [7, 11) is 0. The van der Waals surface area contributed by atoms with Gasteiger partial charge in [-0.3, -0.25) is 5.01 Å². The number of carbonyl (C=O) groups excluding carboxylic acids is 2. The van der Waals surface area contributed by atoms with Gasteiger partial charge in [-0.15, -0.1) is 0 Å². The molecule has 0 aliphatic heterocycles. The largest absolute Gasteiger partial charge is 0.461 e. The van der Waals surface area contributed by atoms with E-state index in [1.165, 1.54) is 0 Å². The van der Waals surface area contributed by atoms with E-state index < -0.39 is 12.0 Å². The molecule has 0 unspecified atom stereocenters. The van der Waals surface area contributed by atoms with Crippen LogP contribution in [0.5, 0.6) is 0 Å². The van der Waals surface area contributed by atoms with Gasteiger partial charge in [-0.05, 0) is 6.92 Å². The fourth-order valence-electron chi connectivity index (χ4n) is 0.614. The van der Waals surface area contributed by atoms with Crippen molar-refractivity contribution in [3.05, 3.63) is 12.7 Å². The monoisotopic (exact) mass is 201 g/mol. The van der Waals surface area contributed by atoms with E-state index in [0.29, 0.717) is 6.54 Å². The zero-order chi connectivity index (χ0) is 11.0. The summed E-state index contributed by atoms with van der Waals surface area (Å²) in [5, 5.41) is 3.49. The summed E-state index contributed by atoms with van der Waals surface area (Å²) in [6.07, 6.45) is 1.06. The summed E-state index contributed by atoms with van der Waals surface area (Å²) < 4.78 is 4.62. The quantitative estimate of drug-likeness (QED) is 0.158. The summed E-state index contributed by atoms with van der Waals surface area (Å²) in [5.41, 5.74) is 0. The number of esters is 1. The lowest BCUT2D eigenvalue weighted by Gasteiger charge is -2.14. The molecular formula is C8H15N3O3. The van der Waals surface area contributed by atoms with Crippen molar-refractivity contribution in [1.82, 2.24) is 10.3 Å². The first-order valence-corrected chi connectivity index (χ1v) is 4.21. The van der Waals surface area contributed by atoms with Crippen molar-refractivity contribution in [2.75, 3.05) is 19.7 Å². The molecular weight excluding hydrogens is 186 g/mol. The lowest BCUT2D eigenvalue weighted by atomic mass is 10.6. The van der Waals surface area contributed by atoms with Gasteiger partial charge < -0.3 is 10.1 Å². The molecule has 0 atom stereocenters. The smallest absolute Gasteiger partial charge is 0.331 e. The van der Waals surface area contributed by atoms with Gasteiger partial charge in [0.05, 0.1) is 6.54 Å². The number of carbonyl (C=O) groups is 2. The molecule has 6 heteroatoms. The minimum atomic E-state index is -0.514. The molecule has 0 aliphatic carbocycles. The van der Waals surface area contributed by atoms with Crippen LogP contribution in [0.25, 0.3) is 0 Å². The molecule has 0 fully saturated rings. The molecule has 0 radical (unpaired) electrons. The van der Waals surface area contributed by atoms with Gasteiger partial charge in [0.25, 0.3) is 0 Å². The molecule has 14 heavy (non-hydrogen) atoms. The molecule has 2 amide bonds. The number of hydrazine groups is 1. The number of nitrogens with one attached hydrogen (secondary N) is 1. The van der Waals surface area contributed by atoms with Crippen molar-refractivity contribution in [3.8, 4) is 0 Å². The summed E-state index contributed by atoms with van der Waals surface area (Å²) in [4.78, 5) is 21.6. The van der Waals surface area contributed by atoms with E-state index in [-0.39, 0.29) is 13.2 Å². The highest BCUT2D eigenvalue weighted by atomic mass is 16.5. The summed E-state index contributed by atoms with van der Waals surface area (Å²) in [5.74, 6) is 4.77. The predicted octanol–water partition coefficient (Wildman–Crippen LogP) is -0.379. The van der Waals surface area contributed by atoms with E-state index >= 15 is 0 Å². The van der Waals surface area contributed by atoms with Crippen molar-refractivity contribution in [3.63, 3.8) is 0 Å². The Balaban J connectivity index is 3.50. The fourth-order valence-corrected chi connectivity index (χ4v) is 0.614. The van der Waals surface area contributed by atoms with Gasteiger partial charge in [0, 0.05) is 12.6 Å². The number of hydrogen-bond donors (Lipinski definition) is 2. The minimum absolute atomic E-state index is 0.105. The molecule has 0 bridgehead atoms. The highest BCUT2D eigenvalue weighted by Gasteiger charge is 2.05. The lowest BCUT2D eigenvalue weighted by molar-refractivity contribution is -0.137. The van der Waals surface area contributed by atoms with Crippen LogP contribution in [0.2, 0.25) is 0 Å². The fraction of sp³-hybridized carbons (Fsp3) is 0.500. The maximum atomic E-state index is 11.0. The molecule has 0 spiro atoms. The number of amides is 2. The van der Waals surface area contributed by atoms with Crippen LogP contribution in [0, 0.1) is 0 Å². The number of hydrogen-bond acceptors (Lipinski definition) is 4. The average molecular weight is 201 g/mol. The molecule has 0 aliphatic rings. The van der Waals surface area contributed by atoms with Crippen LogP contribution in [0.4, 0.5) is 4.79 Å². The maximum Gasteiger partial charge on any atom is 0.331 e. The second kappa shape index (κ2) is 6.90. The Morgan fingerprint density at radius 3 is 2.79 bits per heavy atom. The minimum Gasteiger partial charge on any atom is -0.461 e. The first-order valence-electron chi connectivity index (χ1n) is 4.21. The molecule has 0 aromatic heterocycles. The van der Waals surface area contributed by atoms with Crippen LogP contribution in [-0.4, -0.2) is 36.7 Å². The van der Waals surface area contributed by atoms with E-state index in [4.69, 9.17) is 5.84 Å². The van der Waals surface area contributed by atoms with Gasteiger partial charge >= 0.3 is 12.0 Å². The van der Waals surface area contributed by atoms with Crippen LogP contribution >= 0.6 is 0 Å². The molecule has 80 valence electrons. The number of ether oxygens (including phenoxy) is 1. The van der Waals surface area contributed by atoms with E-state index in [2.05, 4.69) is 16.6 Å². The van der Waals surface area contributed by atoms with Crippen LogP contribution in [0.1, 0.15) is 6.92 Å². The van der Waals surface area contributed by atoms with E-state index in [1.807, 2.05) is 0 Å². The third kappa shape index (κ3) is 5.15. The lowest BCUT2D eigenvalue weighted by Crippen LogP contribution is -2.45. The third-order valence-corrected chi connectivity index (χ3v) is 1.39. The van der Waals surface area contributed by atoms with Crippen molar-refractivity contribution < 1.29 is 14.3 Å². The van der Waals surface area contributed by atoms with Gasteiger partial charge in [0.2, 0.25) is 0 Å². The Kier molecular flexibility index (Phi) is 6.13. The number of rotatable bonds is 5. The van der Waals surface area contributed by atoms with Crippen molar-refractivity contribution in [2.45, 2.75) is 6.92 Å². The standard InChI is InChI=1S/C8H15N3O3/c1-3-7(12)14-6-5-10-8(13)11(9)4-2/h3H,1,4-6,9H2,2H3,(H,10,13). The Morgan fingerprint density at radius 1 is 1.64 bits per heavy atom. The first kappa shape index (κ1) is 12.4. The second-order valence-electron chi connectivity index (χ2n) is 2.39. The van der Waals surface area contributed by atoms with Gasteiger partial charge in [-0.1, -0.05) is 6.58 Å². The van der Waals surface area contributed by atoms with Gasteiger partial charge in [0.1, 0.15) is 6.61 Å². The van der Waals surface area contributed by atoms with Gasteiger partial charge in [0.15, 0.2) is 0 Å². The highest BCUT2D eigenvalue weighted by molar-refractivity contribution is 5.81. The van der Waals surface area contributed by atoms with Crippen LogP contribution in [0.15, 0.2) is 12.7 Å². The Morgan fingerprint density at radius 2 is 2.29 bits per heavy atom. The Labute approximate surface area is 82.7 Å². The molecule has 0 heterocycles. The topological polar surface area (TPSA) is 84.7 Å². The normalized spacial score (nSPS) is 9.00. The SMILES string of the molecule is C=CC(=O)OCCNC(=O)N(N)CC. The van der Waals surface area contributed by atoms with Crippen LogP contribution < -0.4 is 11.2 Å². The first-order chi connectivity index (χ1) is 6.61. The summed E-state index contributed by atoms with van der Waals surface area (Å²) in [6, 6.07) is -0.401. The number of nitrogens with two attached hydrogens (primary N) is 1. The second-order valence-corrected chi connectivity index (χ2v) is 2.39. The zero-order valence-electron chi connectivity index (χ0n) is 8.16. The van der Waals surface area contributed by atoms with Crippen LogP contribution in [-0.2, 0) is 9.53 Å². The van der Waals surface area contributed by atoms with E-state index in [9.17, 15) is 9.59 Å². The number of nitrogens with zero attached hydrogens (tertiary/aromatic N) is 1. The maximum absolute atomic E-state index is 11.0. The molecule has 3 N–H and O–H groups in total. The molecule has 0 rings (SSSR count). The average Bonchev–Trinajstić information content (AvgIpc) is 2.22. The summed E-state index contributed by atoms with van der Waals surface area (Å²) >= 11 is 0. The Hall–Kier alpha value is -1.56. The summed E-state index contributed by atoms with van der Waals surface area (Å²) in [6.45, 7) is 5.72. The zero-order valence-corrected chi connectivity index (χ0v) is 8.16. The van der Waals surface area contributed by atoms with Gasteiger partial charge in [-0.25, -0.2) is 15.4 Å². The van der Waals surface area contributed by atoms with Crippen LogP contribution in [0.3, 0.4) is 0 Å². The van der Waals surface area contributed by atoms with Crippen molar-refractivity contribution in [2.24, 2.45) is 5.84 Å². The molecule has 6 nitrogen and oxygen atoms in total. The molecule has 0 aromatic rings. The molecule has 0 saturated carbocycles. The third-order valence-electron chi connectivity index (χ3n) is 1.39. The van der Waals surface area contributed by atoms with Crippen molar-refractivity contribution >= 4 is 12.0 Å². The Bertz CT molecular complexity index is 218. The van der Waals surface area contributed by atoms with E-state index in [1.54, 1.807) is 6.92 Å².